The molecule has 8 nitrogen and oxygen atoms in total. The Labute approximate surface area is 178 Å². The topological polar surface area (TPSA) is 85.4 Å². The Morgan fingerprint density at radius 1 is 1.20 bits per heavy atom. The smallest absolute Gasteiger partial charge is 0.410 e. The molecule has 30 heavy (non-hydrogen) atoms. The number of methoxy groups -OCH3 is 1. The molecular weight excluding hydrogens is 388 g/mol. The Morgan fingerprint density at radius 2 is 1.87 bits per heavy atom. The third kappa shape index (κ3) is 6.37. The molecule has 1 aromatic carbocycles. The molecule has 2 atom stereocenters. The van der Waals surface area contributed by atoms with Crippen molar-refractivity contribution in [1.29, 1.82) is 0 Å². The van der Waals surface area contributed by atoms with Crippen LogP contribution in [-0.2, 0) is 25.6 Å². The van der Waals surface area contributed by atoms with Gasteiger partial charge in [0.15, 0.2) is 0 Å². The lowest BCUT2D eigenvalue weighted by atomic mass is 10.0. The first-order chi connectivity index (χ1) is 14.2. The lowest BCUT2D eigenvalue weighted by molar-refractivity contribution is -0.147. The molecule has 1 aliphatic rings. The Morgan fingerprint density at radius 3 is 2.37 bits per heavy atom. The summed E-state index contributed by atoms with van der Waals surface area (Å²) >= 11 is 0. The molecule has 2 rings (SSSR count). The van der Waals surface area contributed by atoms with Crippen LogP contribution in [0.5, 0.6) is 0 Å². The average molecular weight is 421 g/mol. The quantitative estimate of drug-likeness (QED) is 0.495. The van der Waals surface area contributed by atoms with E-state index < -0.39 is 29.8 Å². The fourth-order valence-corrected chi connectivity index (χ4v) is 3.20. The van der Waals surface area contributed by atoms with Gasteiger partial charge in [-0.1, -0.05) is 37.3 Å². The van der Waals surface area contributed by atoms with E-state index in [9.17, 15) is 14.4 Å². The minimum Gasteiger partial charge on any atom is -0.467 e. The van der Waals surface area contributed by atoms with Crippen molar-refractivity contribution in [3.8, 4) is 0 Å². The van der Waals surface area contributed by atoms with Gasteiger partial charge in [0.25, 0.3) is 0 Å². The summed E-state index contributed by atoms with van der Waals surface area (Å²) in [5.74, 6) is -0.516. The maximum Gasteiger partial charge on any atom is 0.410 e. The molecule has 166 valence electrons. The van der Waals surface area contributed by atoms with E-state index >= 15 is 0 Å². The predicted molar refractivity (Wildman–Crippen MR) is 111 cm³/mol. The van der Waals surface area contributed by atoms with Gasteiger partial charge in [0.05, 0.1) is 13.2 Å². The summed E-state index contributed by atoms with van der Waals surface area (Å²) in [7, 11) is 1.29. The summed E-state index contributed by atoms with van der Waals surface area (Å²) in [6.45, 7) is 8.01. The average Bonchev–Trinajstić information content (AvgIpc) is 2.67. The number of hydrogen-bond acceptors (Lipinski definition) is 6. The highest BCUT2D eigenvalue weighted by molar-refractivity contribution is 5.81. The summed E-state index contributed by atoms with van der Waals surface area (Å²) in [5, 5.41) is 0. The number of carbonyl (C=O) groups is 3. The number of rotatable bonds is 7. The van der Waals surface area contributed by atoms with E-state index in [4.69, 9.17) is 14.2 Å². The summed E-state index contributed by atoms with van der Waals surface area (Å²) in [5.41, 5.74) is 0.236. The number of ether oxygens (including phenoxy) is 3. The van der Waals surface area contributed by atoms with Crippen LogP contribution in [0.25, 0.3) is 0 Å². The number of hydrogen-bond donors (Lipinski definition) is 0. The fourth-order valence-electron chi connectivity index (χ4n) is 3.20. The molecule has 1 heterocycles. The van der Waals surface area contributed by atoms with Crippen molar-refractivity contribution < 1.29 is 28.6 Å². The van der Waals surface area contributed by atoms with Crippen molar-refractivity contribution in [2.45, 2.75) is 64.8 Å². The predicted octanol–water partition coefficient (Wildman–Crippen LogP) is 3.59. The van der Waals surface area contributed by atoms with E-state index in [1.807, 2.05) is 30.3 Å². The Balaban J connectivity index is 2.10. The van der Waals surface area contributed by atoms with Gasteiger partial charge in [0.1, 0.15) is 18.2 Å². The largest absolute Gasteiger partial charge is 0.467 e. The first-order valence-corrected chi connectivity index (χ1v) is 10.2. The minimum atomic E-state index is -0.792. The zero-order valence-electron chi connectivity index (χ0n) is 18.4. The molecule has 0 aliphatic carbocycles. The standard InChI is InChI=1S/C22H32N2O6/c1-6-18(19(25)28-5)24(20(26)29-15-16-10-8-7-9-11-16)14-17-12-13-23(17)21(27)30-22(2,3)4/h7-11,17-18H,6,12-15H2,1-5H3. The van der Waals surface area contributed by atoms with Gasteiger partial charge in [0, 0.05) is 13.1 Å². The summed E-state index contributed by atoms with van der Waals surface area (Å²) in [6.07, 6.45) is 0.0283. The van der Waals surface area contributed by atoms with Gasteiger partial charge in [0.2, 0.25) is 0 Å². The van der Waals surface area contributed by atoms with Crippen molar-refractivity contribution in [1.82, 2.24) is 9.80 Å². The van der Waals surface area contributed by atoms with Crippen LogP contribution in [0.4, 0.5) is 9.59 Å². The van der Waals surface area contributed by atoms with Crippen LogP contribution in [-0.4, -0.2) is 65.8 Å². The van der Waals surface area contributed by atoms with Crippen LogP contribution >= 0.6 is 0 Å². The number of amides is 2. The van der Waals surface area contributed by atoms with E-state index in [0.717, 1.165) is 5.56 Å². The summed E-state index contributed by atoms with van der Waals surface area (Å²) in [6, 6.07) is 8.26. The highest BCUT2D eigenvalue weighted by Gasteiger charge is 2.40. The lowest BCUT2D eigenvalue weighted by Gasteiger charge is -2.44. The molecule has 1 aliphatic heterocycles. The fraction of sp³-hybridized carbons (Fsp3) is 0.591. The third-order valence-electron chi connectivity index (χ3n) is 4.86. The number of benzene rings is 1. The highest BCUT2D eigenvalue weighted by Crippen LogP contribution is 2.24. The Bertz CT molecular complexity index is 731. The molecule has 2 unspecified atom stereocenters. The van der Waals surface area contributed by atoms with Gasteiger partial charge in [-0.2, -0.15) is 0 Å². The Hall–Kier alpha value is -2.77. The van der Waals surface area contributed by atoms with Crippen molar-refractivity contribution in [2.24, 2.45) is 0 Å². The number of nitrogens with zero attached hydrogens (tertiary/aromatic N) is 2. The molecule has 0 radical (unpaired) electrons. The van der Waals surface area contributed by atoms with Gasteiger partial charge >= 0.3 is 18.2 Å². The molecule has 0 aromatic heterocycles. The molecule has 8 heteroatoms. The molecule has 0 bridgehead atoms. The molecule has 0 N–H and O–H groups in total. The minimum absolute atomic E-state index is 0.0915. The van der Waals surface area contributed by atoms with Crippen LogP contribution in [0.1, 0.15) is 46.1 Å². The van der Waals surface area contributed by atoms with Gasteiger partial charge in [-0.3, -0.25) is 4.90 Å². The number of carbonyl (C=O) groups excluding carboxylic acids is 3. The van der Waals surface area contributed by atoms with Crippen molar-refractivity contribution >= 4 is 18.2 Å². The molecule has 0 saturated carbocycles. The molecular formula is C22H32N2O6. The summed E-state index contributed by atoms with van der Waals surface area (Å²) in [4.78, 5) is 40.5. The molecule has 1 aromatic rings. The van der Waals surface area contributed by atoms with Crippen molar-refractivity contribution in [3.63, 3.8) is 0 Å². The zero-order chi connectivity index (χ0) is 22.3. The van der Waals surface area contributed by atoms with E-state index in [1.165, 1.54) is 12.0 Å². The SMILES string of the molecule is CCC(C(=O)OC)N(CC1CCN1C(=O)OC(C)(C)C)C(=O)OCc1ccccc1. The Kier molecular flexibility index (Phi) is 8.08. The van der Waals surface area contributed by atoms with Gasteiger partial charge in [-0.05, 0) is 39.2 Å². The maximum absolute atomic E-state index is 12.9. The highest BCUT2D eigenvalue weighted by atomic mass is 16.6. The molecule has 1 saturated heterocycles. The van der Waals surface area contributed by atoms with Gasteiger partial charge in [-0.15, -0.1) is 0 Å². The van der Waals surface area contributed by atoms with E-state index in [2.05, 4.69) is 0 Å². The van der Waals surface area contributed by atoms with E-state index in [-0.39, 0.29) is 19.2 Å². The molecule has 0 spiro atoms. The number of esters is 1. The first-order valence-electron chi connectivity index (χ1n) is 10.2. The van der Waals surface area contributed by atoms with Crippen LogP contribution in [0.3, 0.4) is 0 Å². The van der Waals surface area contributed by atoms with Gasteiger partial charge in [-0.25, -0.2) is 14.4 Å². The first kappa shape index (κ1) is 23.5. The second kappa shape index (κ2) is 10.3. The second-order valence-electron chi connectivity index (χ2n) is 8.26. The van der Waals surface area contributed by atoms with Crippen LogP contribution in [0, 0.1) is 0 Å². The lowest BCUT2D eigenvalue weighted by Crippen LogP contribution is -2.59. The zero-order valence-corrected chi connectivity index (χ0v) is 18.4. The molecule has 1 fully saturated rings. The van der Waals surface area contributed by atoms with Gasteiger partial charge < -0.3 is 19.1 Å². The normalized spacial score (nSPS) is 16.8. The monoisotopic (exact) mass is 420 g/mol. The van der Waals surface area contributed by atoms with E-state index in [1.54, 1.807) is 32.6 Å². The van der Waals surface area contributed by atoms with E-state index in [0.29, 0.717) is 19.4 Å². The summed E-state index contributed by atoms with van der Waals surface area (Å²) < 4.78 is 15.8. The van der Waals surface area contributed by atoms with Crippen molar-refractivity contribution in [2.75, 3.05) is 20.2 Å². The second-order valence-corrected chi connectivity index (χ2v) is 8.26. The van der Waals surface area contributed by atoms with Crippen LogP contribution < -0.4 is 0 Å². The van der Waals surface area contributed by atoms with Crippen LogP contribution in [0.15, 0.2) is 30.3 Å². The third-order valence-corrected chi connectivity index (χ3v) is 4.86. The molecule has 2 amide bonds. The number of likely N-dealkylation sites (tertiary alicyclic amines) is 1. The van der Waals surface area contributed by atoms with Crippen LogP contribution in [0.2, 0.25) is 0 Å². The maximum atomic E-state index is 12.9. The van der Waals surface area contributed by atoms with Crippen molar-refractivity contribution in [3.05, 3.63) is 35.9 Å².